The first-order valence-electron chi connectivity index (χ1n) is 6.94. The second-order valence-corrected chi connectivity index (χ2v) is 7.38. The van der Waals surface area contributed by atoms with Gasteiger partial charge in [0.1, 0.15) is 5.82 Å². The first-order chi connectivity index (χ1) is 10.4. The third-order valence-electron chi connectivity index (χ3n) is 3.56. The van der Waals surface area contributed by atoms with Crippen molar-refractivity contribution < 1.29 is 22.3 Å². The Morgan fingerprint density at radius 1 is 1.45 bits per heavy atom. The lowest BCUT2D eigenvalue weighted by Gasteiger charge is -2.28. The van der Waals surface area contributed by atoms with Crippen LogP contribution >= 0.6 is 0 Å². The minimum Gasteiger partial charge on any atom is -0.383 e. The zero-order valence-electron chi connectivity index (χ0n) is 12.3. The molecule has 2 amide bonds. The van der Waals surface area contributed by atoms with Crippen molar-refractivity contribution in [2.24, 2.45) is 0 Å². The highest BCUT2D eigenvalue weighted by Crippen LogP contribution is 2.20. The molecule has 1 fully saturated rings. The molecule has 1 heterocycles. The maximum absolute atomic E-state index is 13.6. The van der Waals surface area contributed by atoms with E-state index in [1.165, 1.54) is 30.2 Å². The van der Waals surface area contributed by atoms with E-state index in [2.05, 4.69) is 5.32 Å². The zero-order valence-corrected chi connectivity index (χ0v) is 13.1. The number of rotatable bonds is 5. The molecular formula is C14H19FN2O4S. The fourth-order valence-corrected chi connectivity index (χ4v) is 4.14. The Labute approximate surface area is 129 Å². The van der Waals surface area contributed by atoms with Crippen LogP contribution in [0.15, 0.2) is 24.3 Å². The Balaban J connectivity index is 2.11. The van der Waals surface area contributed by atoms with Crippen LogP contribution in [-0.4, -0.2) is 57.2 Å². The number of halogens is 1. The van der Waals surface area contributed by atoms with Crippen LogP contribution in [0.4, 0.5) is 14.9 Å². The summed E-state index contributed by atoms with van der Waals surface area (Å²) >= 11 is 0. The van der Waals surface area contributed by atoms with Crippen molar-refractivity contribution in [2.45, 2.75) is 12.5 Å². The molecule has 8 heteroatoms. The van der Waals surface area contributed by atoms with E-state index in [1.807, 2.05) is 0 Å². The van der Waals surface area contributed by atoms with Crippen LogP contribution in [0.3, 0.4) is 0 Å². The molecule has 1 atom stereocenters. The molecule has 22 heavy (non-hydrogen) atoms. The molecule has 0 aliphatic carbocycles. The molecule has 1 aromatic rings. The van der Waals surface area contributed by atoms with Crippen LogP contribution < -0.4 is 5.32 Å². The normalized spacial score (nSPS) is 19.8. The molecule has 1 aromatic carbocycles. The molecule has 2 rings (SSSR count). The van der Waals surface area contributed by atoms with Gasteiger partial charge in [0, 0.05) is 19.7 Å². The van der Waals surface area contributed by atoms with E-state index in [9.17, 15) is 17.6 Å². The minimum atomic E-state index is -3.12. The van der Waals surface area contributed by atoms with Crippen molar-refractivity contribution in [3.8, 4) is 0 Å². The lowest BCUT2D eigenvalue weighted by Crippen LogP contribution is -2.45. The van der Waals surface area contributed by atoms with Crippen LogP contribution in [0.1, 0.15) is 6.42 Å². The number of nitrogens with one attached hydrogen (secondary N) is 1. The Morgan fingerprint density at radius 3 is 2.77 bits per heavy atom. The topological polar surface area (TPSA) is 75.7 Å². The van der Waals surface area contributed by atoms with Crippen LogP contribution in [-0.2, 0) is 14.6 Å². The first kappa shape index (κ1) is 16.7. The number of urea groups is 1. The third kappa shape index (κ3) is 4.17. The summed E-state index contributed by atoms with van der Waals surface area (Å²) in [6.45, 7) is 0.526. The molecule has 1 aliphatic rings. The van der Waals surface area contributed by atoms with Gasteiger partial charge in [0.05, 0.1) is 23.8 Å². The summed E-state index contributed by atoms with van der Waals surface area (Å²) in [5.74, 6) is -0.545. The van der Waals surface area contributed by atoms with E-state index >= 15 is 0 Å². The standard InChI is InChI=1S/C14H19FN2O4S/c1-21-8-7-17(11-6-9-22(19,20)10-11)14(18)16-13-5-3-2-4-12(13)15/h2-5,11H,6-10H2,1H3,(H,16,18). The number of nitrogens with zero attached hydrogens (tertiary/aromatic N) is 1. The van der Waals surface area contributed by atoms with Crippen molar-refractivity contribution >= 4 is 21.6 Å². The lowest BCUT2D eigenvalue weighted by molar-refractivity contribution is 0.140. The Kier molecular flexibility index (Phi) is 5.36. The summed E-state index contributed by atoms with van der Waals surface area (Å²) in [7, 11) is -1.62. The number of para-hydroxylation sites is 1. The van der Waals surface area contributed by atoms with E-state index in [0.717, 1.165) is 0 Å². The van der Waals surface area contributed by atoms with Crippen molar-refractivity contribution in [2.75, 3.05) is 37.1 Å². The van der Waals surface area contributed by atoms with Gasteiger partial charge in [-0.1, -0.05) is 12.1 Å². The third-order valence-corrected chi connectivity index (χ3v) is 5.31. The average molecular weight is 330 g/mol. The number of hydrogen-bond acceptors (Lipinski definition) is 4. The van der Waals surface area contributed by atoms with Gasteiger partial charge in [0.15, 0.2) is 9.84 Å². The van der Waals surface area contributed by atoms with Crippen molar-refractivity contribution in [3.05, 3.63) is 30.1 Å². The Bertz CT molecular complexity index is 635. The van der Waals surface area contributed by atoms with Gasteiger partial charge in [0.2, 0.25) is 0 Å². The maximum Gasteiger partial charge on any atom is 0.322 e. The molecule has 0 radical (unpaired) electrons. The maximum atomic E-state index is 13.6. The number of ether oxygens (including phenoxy) is 1. The van der Waals surface area contributed by atoms with Gasteiger partial charge in [-0.2, -0.15) is 0 Å². The molecule has 122 valence electrons. The molecule has 1 unspecified atom stereocenters. The highest BCUT2D eigenvalue weighted by molar-refractivity contribution is 7.91. The molecule has 0 aromatic heterocycles. The van der Waals surface area contributed by atoms with Crippen LogP contribution in [0.2, 0.25) is 0 Å². The second kappa shape index (κ2) is 7.06. The van der Waals surface area contributed by atoms with Gasteiger partial charge in [-0.05, 0) is 18.6 Å². The Morgan fingerprint density at radius 2 is 2.18 bits per heavy atom. The van der Waals surface area contributed by atoms with Crippen molar-refractivity contribution in [3.63, 3.8) is 0 Å². The largest absolute Gasteiger partial charge is 0.383 e. The molecular weight excluding hydrogens is 311 g/mol. The minimum absolute atomic E-state index is 0.0636. The summed E-state index contributed by atoms with van der Waals surface area (Å²) in [5, 5.41) is 2.49. The molecule has 6 nitrogen and oxygen atoms in total. The van der Waals surface area contributed by atoms with E-state index < -0.39 is 27.7 Å². The number of benzene rings is 1. The van der Waals surface area contributed by atoms with E-state index in [-0.39, 0.29) is 30.3 Å². The average Bonchev–Trinajstić information content (AvgIpc) is 2.82. The quantitative estimate of drug-likeness (QED) is 0.887. The van der Waals surface area contributed by atoms with E-state index in [0.29, 0.717) is 6.42 Å². The number of hydrogen-bond donors (Lipinski definition) is 1. The summed E-state index contributed by atoms with van der Waals surface area (Å²) in [6.07, 6.45) is 0.386. The summed E-state index contributed by atoms with van der Waals surface area (Å²) in [6, 6.07) is 4.90. The number of anilines is 1. The number of amides is 2. The van der Waals surface area contributed by atoms with Gasteiger partial charge in [-0.25, -0.2) is 17.6 Å². The smallest absolute Gasteiger partial charge is 0.322 e. The van der Waals surface area contributed by atoms with E-state index in [4.69, 9.17) is 4.74 Å². The molecule has 0 spiro atoms. The first-order valence-corrected chi connectivity index (χ1v) is 8.76. The van der Waals surface area contributed by atoms with Gasteiger partial charge in [-0.15, -0.1) is 0 Å². The molecule has 1 saturated heterocycles. The molecule has 1 N–H and O–H groups in total. The van der Waals surface area contributed by atoms with Crippen molar-refractivity contribution in [1.29, 1.82) is 0 Å². The SMILES string of the molecule is COCCN(C(=O)Nc1ccccc1F)C1CCS(=O)(=O)C1. The van der Waals surface area contributed by atoms with Crippen LogP contribution in [0.5, 0.6) is 0 Å². The summed E-state index contributed by atoms with van der Waals surface area (Å²) in [5.41, 5.74) is 0.0655. The molecule has 0 bridgehead atoms. The van der Waals surface area contributed by atoms with Crippen LogP contribution in [0, 0.1) is 5.82 Å². The Hall–Kier alpha value is -1.67. The van der Waals surface area contributed by atoms with E-state index in [1.54, 1.807) is 6.07 Å². The van der Waals surface area contributed by atoms with Gasteiger partial charge < -0.3 is 15.0 Å². The predicted molar refractivity (Wildman–Crippen MR) is 81.1 cm³/mol. The number of carbonyl (C=O) groups is 1. The van der Waals surface area contributed by atoms with Gasteiger partial charge in [-0.3, -0.25) is 0 Å². The number of methoxy groups -OCH3 is 1. The predicted octanol–water partition coefficient (Wildman–Crippen LogP) is 1.49. The molecule has 0 saturated carbocycles. The fraction of sp³-hybridized carbons (Fsp3) is 0.500. The summed E-state index contributed by atoms with van der Waals surface area (Å²) in [4.78, 5) is 13.8. The van der Waals surface area contributed by atoms with Crippen molar-refractivity contribution in [1.82, 2.24) is 4.90 Å². The zero-order chi connectivity index (χ0) is 16.2. The fourth-order valence-electron chi connectivity index (χ4n) is 2.41. The number of carbonyl (C=O) groups excluding carboxylic acids is 1. The lowest BCUT2D eigenvalue weighted by atomic mass is 10.2. The second-order valence-electron chi connectivity index (χ2n) is 5.15. The monoisotopic (exact) mass is 330 g/mol. The number of sulfone groups is 1. The van der Waals surface area contributed by atoms with Gasteiger partial charge in [0.25, 0.3) is 0 Å². The van der Waals surface area contributed by atoms with Crippen LogP contribution in [0.25, 0.3) is 0 Å². The molecule has 1 aliphatic heterocycles. The highest BCUT2D eigenvalue weighted by Gasteiger charge is 2.34. The summed E-state index contributed by atoms with van der Waals surface area (Å²) < 4.78 is 41.8. The highest BCUT2D eigenvalue weighted by atomic mass is 32.2. The van der Waals surface area contributed by atoms with Gasteiger partial charge >= 0.3 is 6.03 Å².